The Balaban J connectivity index is 4.32. The Morgan fingerprint density at radius 2 is 0.494 bits per heavy atom. The van der Waals surface area contributed by atoms with Crippen molar-refractivity contribution in [3.63, 3.8) is 0 Å². The molecule has 0 spiro atoms. The lowest BCUT2D eigenvalue weighted by atomic mass is 10.0. The zero-order valence-electron chi connectivity index (χ0n) is 51.9. The van der Waals surface area contributed by atoms with E-state index in [-0.39, 0.29) is 31.1 Å². The van der Waals surface area contributed by atoms with Gasteiger partial charge in [-0.2, -0.15) is 0 Å². The molecule has 0 N–H and O–H groups in total. The number of ether oxygens (including phenoxy) is 3. The quantitative estimate of drug-likeness (QED) is 0.0261. The van der Waals surface area contributed by atoms with Crippen molar-refractivity contribution in [1.82, 2.24) is 0 Å². The van der Waals surface area contributed by atoms with Crippen molar-refractivity contribution in [3.05, 3.63) is 109 Å². The first-order valence-electron chi connectivity index (χ1n) is 33.4. The average Bonchev–Trinajstić information content (AvgIpc) is 3.45. The Morgan fingerprint density at radius 1 is 0.266 bits per heavy atom. The van der Waals surface area contributed by atoms with E-state index in [9.17, 15) is 14.4 Å². The van der Waals surface area contributed by atoms with E-state index < -0.39 is 6.10 Å². The van der Waals surface area contributed by atoms with Gasteiger partial charge in [0.15, 0.2) is 6.10 Å². The molecule has 0 aromatic carbocycles. The van der Waals surface area contributed by atoms with Gasteiger partial charge in [0.1, 0.15) is 13.2 Å². The molecule has 6 heteroatoms. The molecule has 452 valence electrons. The van der Waals surface area contributed by atoms with Gasteiger partial charge >= 0.3 is 17.9 Å². The molecule has 0 aromatic rings. The second kappa shape index (κ2) is 66.6. The summed E-state index contributed by atoms with van der Waals surface area (Å²) in [5, 5.41) is 0. The van der Waals surface area contributed by atoms with E-state index in [1.54, 1.807) is 0 Å². The summed E-state index contributed by atoms with van der Waals surface area (Å²) in [5.74, 6) is -0.897. The predicted molar refractivity (Wildman–Crippen MR) is 343 cm³/mol. The first-order valence-corrected chi connectivity index (χ1v) is 33.4. The van der Waals surface area contributed by atoms with Crippen molar-refractivity contribution in [3.8, 4) is 0 Å². The highest BCUT2D eigenvalue weighted by Gasteiger charge is 2.19. The maximum atomic E-state index is 12.9. The van der Waals surface area contributed by atoms with Crippen LogP contribution in [0.2, 0.25) is 0 Å². The summed E-state index contributed by atoms with van der Waals surface area (Å²) in [7, 11) is 0. The Bertz CT molecular complexity index is 1590. The van der Waals surface area contributed by atoms with Crippen LogP contribution in [0, 0.1) is 0 Å². The van der Waals surface area contributed by atoms with Crippen LogP contribution >= 0.6 is 0 Å². The fourth-order valence-electron chi connectivity index (χ4n) is 9.30. The van der Waals surface area contributed by atoms with Crippen LogP contribution in [0.15, 0.2) is 109 Å². The summed E-state index contributed by atoms with van der Waals surface area (Å²) >= 11 is 0. The van der Waals surface area contributed by atoms with Gasteiger partial charge in [0.05, 0.1) is 0 Å². The van der Waals surface area contributed by atoms with Gasteiger partial charge in [0.2, 0.25) is 0 Å². The second-order valence-electron chi connectivity index (χ2n) is 22.0. The molecule has 1 unspecified atom stereocenters. The van der Waals surface area contributed by atoms with E-state index in [0.29, 0.717) is 19.3 Å². The highest BCUT2D eigenvalue weighted by Crippen LogP contribution is 2.17. The van der Waals surface area contributed by atoms with Gasteiger partial charge in [-0.15, -0.1) is 0 Å². The van der Waals surface area contributed by atoms with E-state index in [1.807, 2.05) is 0 Å². The third-order valence-electron chi connectivity index (χ3n) is 14.2. The van der Waals surface area contributed by atoms with E-state index in [1.165, 1.54) is 148 Å². The molecule has 1 atom stereocenters. The minimum atomic E-state index is -0.790. The maximum absolute atomic E-state index is 12.9. The molecule has 0 aliphatic rings. The molecule has 79 heavy (non-hydrogen) atoms. The Morgan fingerprint density at radius 3 is 0.772 bits per heavy atom. The van der Waals surface area contributed by atoms with Crippen LogP contribution in [0.1, 0.15) is 316 Å². The number of carbonyl (C=O) groups excluding carboxylic acids is 3. The van der Waals surface area contributed by atoms with E-state index >= 15 is 0 Å². The van der Waals surface area contributed by atoms with Crippen molar-refractivity contribution < 1.29 is 28.6 Å². The molecule has 0 aromatic heterocycles. The minimum absolute atomic E-state index is 0.0849. The molecule has 0 saturated carbocycles. The van der Waals surface area contributed by atoms with Crippen LogP contribution in [0.5, 0.6) is 0 Å². The van der Waals surface area contributed by atoms with Gasteiger partial charge in [0.25, 0.3) is 0 Å². The number of carbonyl (C=O) groups is 3. The molecule has 0 rings (SSSR count). The van der Waals surface area contributed by atoms with Gasteiger partial charge in [-0.1, -0.05) is 284 Å². The van der Waals surface area contributed by atoms with E-state index in [0.717, 1.165) is 128 Å². The molecule has 0 saturated heterocycles. The number of allylic oxidation sites excluding steroid dienone is 18. The van der Waals surface area contributed by atoms with Gasteiger partial charge in [-0.05, 0) is 122 Å². The monoisotopic (exact) mass is 1100 g/mol. The van der Waals surface area contributed by atoms with Crippen molar-refractivity contribution in [1.29, 1.82) is 0 Å². The third kappa shape index (κ3) is 64.8. The third-order valence-corrected chi connectivity index (χ3v) is 14.2. The summed E-state index contributed by atoms with van der Waals surface area (Å²) < 4.78 is 16.9. The Hall–Kier alpha value is -3.93. The second-order valence-corrected chi connectivity index (χ2v) is 22.0. The SMILES string of the molecule is CC/C=C\C/C=C\C/C=C\C/C=C\CCCCCCCCCCCCCCCCC(=O)OCC(COC(=O)CCCCCCC/C=C\C/C=C\C/C=C\CC)OC(=O)CCCCCCCCCCC/C=C\C/C=C\CCCCC. The molecule has 6 nitrogen and oxygen atoms in total. The average molecular weight is 1100 g/mol. The summed E-state index contributed by atoms with van der Waals surface area (Å²) in [6.07, 6.45) is 91.0. The normalized spacial score (nSPS) is 12.8. The van der Waals surface area contributed by atoms with Crippen LogP contribution in [-0.2, 0) is 28.6 Å². The lowest BCUT2D eigenvalue weighted by molar-refractivity contribution is -0.167. The van der Waals surface area contributed by atoms with Gasteiger partial charge < -0.3 is 14.2 Å². The number of hydrogen-bond donors (Lipinski definition) is 0. The summed E-state index contributed by atoms with van der Waals surface area (Å²) in [6, 6.07) is 0. The molecule has 0 aliphatic carbocycles. The highest BCUT2D eigenvalue weighted by atomic mass is 16.6. The van der Waals surface area contributed by atoms with Crippen LogP contribution in [-0.4, -0.2) is 37.2 Å². The molecule has 0 radical (unpaired) electrons. The van der Waals surface area contributed by atoms with Crippen LogP contribution in [0.4, 0.5) is 0 Å². The Labute approximate surface area is 489 Å². The molecular weight excluding hydrogens is 973 g/mol. The van der Waals surface area contributed by atoms with Gasteiger partial charge in [-0.3, -0.25) is 14.4 Å². The summed E-state index contributed by atoms with van der Waals surface area (Å²) in [4.78, 5) is 38.4. The van der Waals surface area contributed by atoms with Crippen LogP contribution in [0.3, 0.4) is 0 Å². The predicted octanol–water partition coefficient (Wildman–Crippen LogP) is 23.0. The van der Waals surface area contributed by atoms with Crippen LogP contribution in [0.25, 0.3) is 0 Å². The minimum Gasteiger partial charge on any atom is -0.462 e. The summed E-state index contributed by atoms with van der Waals surface area (Å²) in [6.45, 7) is 6.40. The fraction of sp³-hybridized carbons (Fsp3) is 0.712. The molecule has 0 heterocycles. The number of rotatable bonds is 60. The van der Waals surface area contributed by atoms with Crippen molar-refractivity contribution >= 4 is 17.9 Å². The maximum Gasteiger partial charge on any atom is 0.306 e. The van der Waals surface area contributed by atoms with Gasteiger partial charge in [0, 0.05) is 19.3 Å². The molecule has 0 bridgehead atoms. The molecule has 0 amide bonds. The zero-order valence-corrected chi connectivity index (χ0v) is 51.9. The fourth-order valence-corrected chi connectivity index (χ4v) is 9.30. The zero-order chi connectivity index (χ0) is 57.1. The van der Waals surface area contributed by atoms with Crippen molar-refractivity contribution in [2.24, 2.45) is 0 Å². The van der Waals surface area contributed by atoms with Crippen molar-refractivity contribution in [2.45, 2.75) is 322 Å². The topological polar surface area (TPSA) is 78.9 Å². The smallest absolute Gasteiger partial charge is 0.306 e. The molecular formula is C73H124O6. The lowest BCUT2D eigenvalue weighted by Crippen LogP contribution is -2.30. The summed E-state index contributed by atoms with van der Waals surface area (Å²) in [5.41, 5.74) is 0. The Kier molecular flexibility index (Phi) is 63.3. The highest BCUT2D eigenvalue weighted by molar-refractivity contribution is 5.71. The number of unbranched alkanes of at least 4 members (excludes halogenated alkanes) is 31. The van der Waals surface area contributed by atoms with Gasteiger partial charge in [-0.25, -0.2) is 0 Å². The van der Waals surface area contributed by atoms with Crippen molar-refractivity contribution in [2.75, 3.05) is 13.2 Å². The van der Waals surface area contributed by atoms with Crippen LogP contribution < -0.4 is 0 Å². The molecule has 0 fully saturated rings. The first-order chi connectivity index (χ1) is 39.0. The molecule has 0 aliphatic heterocycles. The standard InChI is InChI=1S/C73H124O6/c1-4-7-10-13-16-19-22-25-28-30-32-33-34-35-36-37-38-39-41-42-45-48-51-54-57-60-63-66-72(75)78-69-70(68-77-71(74)65-62-59-56-53-50-47-44-27-24-21-18-15-12-9-6-3)79-73(76)67-64-61-58-55-52-49-46-43-40-31-29-26-23-20-17-14-11-8-5-2/h7,9-10,12,16-21,25-29,32-33,44,70H,4-6,8,11,13-15,22-24,30-31,34-43,45-69H2,1-3H3/b10-7-,12-9-,19-16-,20-17-,21-18-,28-25-,29-26-,33-32-,44-27-. The van der Waals surface area contributed by atoms with E-state index in [2.05, 4.69) is 130 Å². The lowest BCUT2D eigenvalue weighted by Gasteiger charge is -2.18. The largest absolute Gasteiger partial charge is 0.462 e. The first kappa shape index (κ1) is 75.1. The number of hydrogen-bond acceptors (Lipinski definition) is 6. The van der Waals surface area contributed by atoms with E-state index in [4.69, 9.17) is 14.2 Å². The number of esters is 3.